The molecule has 1 saturated heterocycles. The van der Waals surface area contributed by atoms with Crippen LogP contribution in [-0.2, 0) is 14.8 Å². The first-order valence-corrected chi connectivity index (χ1v) is 13.8. The molecule has 0 radical (unpaired) electrons. The number of carbonyl (C=O) groups excluding carboxylic acids is 1. The summed E-state index contributed by atoms with van der Waals surface area (Å²) in [6.07, 6.45) is 3.30. The van der Waals surface area contributed by atoms with E-state index in [-0.39, 0.29) is 11.4 Å². The first-order chi connectivity index (χ1) is 18.7. The van der Waals surface area contributed by atoms with Gasteiger partial charge >= 0.3 is 0 Å². The summed E-state index contributed by atoms with van der Waals surface area (Å²) in [5.41, 5.74) is 0.255. The molecule has 3 N–H and O–H groups in total. The Bertz CT molecular complexity index is 1620. The second-order valence-electron chi connectivity index (χ2n) is 8.84. The number of nitrogens with one attached hydrogen (secondary N) is 3. The van der Waals surface area contributed by atoms with Gasteiger partial charge in [0, 0.05) is 24.8 Å². The summed E-state index contributed by atoms with van der Waals surface area (Å²) in [5, 5.41) is 2.40. The largest absolute Gasteiger partial charge is 0.378 e. The van der Waals surface area contributed by atoms with E-state index in [0.717, 1.165) is 36.6 Å². The molecular formula is C25H25F2N7O4S. The minimum Gasteiger partial charge on any atom is -0.378 e. The fourth-order valence-corrected chi connectivity index (χ4v) is 5.26. The zero-order chi connectivity index (χ0) is 27.6. The van der Waals surface area contributed by atoms with Gasteiger partial charge in [0.05, 0.1) is 36.5 Å². The van der Waals surface area contributed by atoms with Crippen LogP contribution < -0.4 is 14.9 Å². The van der Waals surface area contributed by atoms with Crippen LogP contribution in [-0.4, -0.2) is 66.3 Å². The number of aromatic nitrogens is 4. The standard InChI is InChI=1S/C25H25F2N7O4S/c1-2-11-39(36,37)33-18-5-4-17(26)21(22(18)27)25(35)30-16-12-19-24(29-14-16)32-23(31-19)15-3-6-20(28-13-15)34-7-9-38-10-8-34/h3-6,12-14,33H,2,7-11H2,1H3,(H,30,35)(H,29,31,32). The molecule has 1 amide bonds. The fraction of sp³-hybridized carbons (Fsp3) is 0.280. The molecule has 0 unspecified atom stereocenters. The topological polar surface area (TPSA) is 142 Å². The van der Waals surface area contributed by atoms with Crippen molar-refractivity contribution in [1.29, 1.82) is 0 Å². The first-order valence-electron chi connectivity index (χ1n) is 12.2. The molecule has 4 heterocycles. The van der Waals surface area contributed by atoms with E-state index in [0.29, 0.717) is 36.6 Å². The number of halogens is 2. The van der Waals surface area contributed by atoms with E-state index in [4.69, 9.17) is 4.74 Å². The number of imidazole rings is 1. The zero-order valence-electron chi connectivity index (χ0n) is 20.9. The SMILES string of the molecule is CCCS(=O)(=O)Nc1ccc(F)c(C(=O)Nc2cnc3[nH]c(-c4ccc(N5CCOCC5)nc4)nc3c2)c1F. The number of nitrogens with zero attached hydrogens (tertiary/aromatic N) is 4. The number of benzene rings is 1. The Kier molecular flexibility index (Phi) is 7.39. The highest BCUT2D eigenvalue weighted by Crippen LogP contribution is 2.26. The molecule has 204 valence electrons. The Labute approximate surface area is 222 Å². The van der Waals surface area contributed by atoms with Gasteiger partial charge in [0.15, 0.2) is 11.5 Å². The Hall–Kier alpha value is -4.17. The van der Waals surface area contributed by atoms with Gasteiger partial charge in [-0.3, -0.25) is 9.52 Å². The van der Waals surface area contributed by atoms with Gasteiger partial charge in [-0.1, -0.05) is 6.92 Å². The van der Waals surface area contributed by atoms with Crippen molar-refractivity contribution in [2.45, 2.75) is 13.3 Å². The number of fused-ring (bicyclic) bond motifs is 1. The molecule has 1 aromatic carbocycles. The summed E-state index contributed by atoms with van der Waals surface area (Å²) in [4.78, 5) is 31.3. The number of H-pyrrole nitrogens is 1. The van der Waals surface area contributed by atoms with Crippen LogP contribution >= 0.6 is 0 Å². The van der Waals surface area contributed by atoms with Crippen molar-refractivity contribution in [2.75, 3.05) is 47.0 Å². The molecule has 11 nitrogen and oxygen atoms in total. The first kappa shape index (κ1) is 26.4. The smallest absolute Gasteiger partial charge is 0.261 e. The third-order valence-electron chi connectivity index (χ3n) is 6.01. The van der Waals surface area contributed by atoms with Crippen LogP contribution in [0.2, 0.25) is 0 Å². The second-order valence-corrected chi connectivity index (χ2v) is 10.7. The highest BCUT2D eigenvalue weighted by Gasteiger charge is 2.23. The summed E-state index contributed by atoms with van der Waals surface area (Å²) >= 11 is 0. The van der Waals surface area contributed by atoms with Crippen LogP contribution in [0.25, 0.3) is 22.6 Å². The van der Waals surface area contributed by atoms with E-state index in [9.17, 15) is 22.0 Å². The van der Waals surface area contributed by atoms with Crippen molar-refractivity contribution in [3.05, 3.63) is 59.9 Å². The molecule has 14 heteroatoms. The highest BCUT2D eigenvalue weighted by atomic mass is 32.2. The maximum absolute atomic E-state index is 15.0. The Morgan fingerprint density at radius 1 is 1.13 bits per heavy atom. The Morgan fingerprint density at radius 2 is 1.92 bits per heavy atom. The van der Waals surface area contributed by atoms with Crippen LogP contribution in [0.4, 0.5) is 26.0 Å². The summed E-state index contributed by atoms with van der Waals surface area (Å²) in [7, 11) is -3.85. The summed E-state index contributed by atoms with van der Waals surface area (Å²) < 4.78 is 60.9. The average molecular weight is 558 g/mol. The van der Waals surface area contributed by atoms with Crippen LogP contribution in [0, 0.1) is 11.6 Å². The fourth-order valence-electron chi connectivity index (χ4n) is 4.13. The van der Waals surface area contributed by atoms with Crippen molar-refractivity contribution >= 4 is 44.3 Å². The highest BCUT2D eigenvalue weighted by molar-refractivity contribution is 7.92. The van der Waals surface area contributed by atoms with E-state index in [2.05, 4.69) is 30.2 Å². The summed E-state index contributed by atoms with van der Waals surface area (Å²) in [5.74, 6) is -2.49. The molecule has 1 aliphatic rings. The molecule has 1 aliphatic heterocycles. The summed E-state index contributed by atoms with van der Waals surface area (Å²) in [6.45, 7) is 4.48. The van der Waals surface area contributed by atoms with Gasteiger partial charge in [-0.15, -0.1) is 0 Å². The number of anilines is 3. The van der Waals surface area contributed by atoms with Crippen molar-refractivity contribution < 1.29 is 26.7 Å². The predicted molar refractivity (Wildman–Crippen MR) is 142 cm³/mol. The van der Waals surface area contributed by atoms with Crippen molar-refractivity contribution in [2.24, 2.45) is 0 Å². The van der Waals surface area contributed by atoms with E-state index >= 15 is 0 Å². The second kappa shape index (κ2) is 10.9. The van der Waals surface area contributed by atoms with Gasteiger partial charge in [0.1, 0.15) is 28.5 Å². The molecule has 0 aliphatic carbocycles. The number of ether oxygens (including phenoxy) is 1. The number of morpholine rings is 1. The van der Waals surface area contributed by atoms with Gasteiger partial charge in [-0.05, 0) is 36.8 Å². The van der Waals surface area contributed by atoms with Crippen LogP contribution in [0.5, 0.6) is 0 Å². The molecule has 5 rings (SSSR count). The lowest BCUT2D eigenvalue weighted by Crippen LogP contribution is -2.36. The van der Waals surface area contributed by atoms with E-state index in [1.54, 1.807) is 13.1 Å². The van der Waals surface area contributed by atoms with Crippen molar-refractivity contribution in [3.63, 3.8) is 0 Å². The quantitative estimate of drug-likeness (QED) is 0.299. The lowest BCUT2D eigenvalue weighted by atomic mass is 10.1. The number of rotatable bonds is 8. The third-order valence-corrected chi connectivity index (χ3v) is 7.48. The van der Waals surface area contributed by atoms with Gasteiger partial charge < -0.3 is 19.9 Å². The number of hydrogen-bond donors (Lipinski definition) is 3. The minimum atomic E-state index is -3.85. The molecule has 0 atom stereocenters. The van der Waals surface area contributed by atoms with Gasteiger partial charge in [0.25, 0.3) is 5.91 Å². The third kappa shape index (κ3) is 5.81. The van der Waals surface area contributed by atoms with E-state index in [1.165, 1.54) is 12.3 Å². The average Bonchev–Trinajstić information content (AvgIpc) is 3.34. The number of pyridine rings is 2. The number of amides is 1. The molecule has 0 saturated carbocycles. The Morgan fingerprint density at radius 3 is 2.64 bits per heavy atom. The van der Waals surface area contributed by atoms with Gasteiger partial charge in [0.2, 0.25) is 10.0 Å². The Balaban J connectivity index is 1.35. The predicted octanol–water partition coefficient (Wildman–Crippen LogP) is 3.54. The molecule has 0 spiro atoms. The normalized spacial score (nSPS) is 14.0. The number of carbonyl (C=O) groups is 1. The maximum atomic E-state index is 15.0. The molecule has 0 bridgehead atoms. The van der Waals surface area contributed by atoms with E-state index in [1.807, 2.05) is 16.9 Å². The molecule has 3 aromatic heterocycles. The van der Waals surface area contributed by atoms with Crippen LogP contribution in [0.1, 0.15) is 23.7 Å². The number of aromatic amines is 1. The lowest BCUT2D eigenvalue weighted by Gasteiger charge is -2.27. The molecule has 1 fully saturated rings. The molecule has 39 heavy (non-hydrogen) atoms. The van der Waals surface area contributed by atoms with Gasteiger partial charge in [-0.25, -0.2) is 32.2 Å². The summed E-state index contributed by atoms with van der Waals surface area (Å²) in [6, 6.07) is 7.02. The lowest BCUT2D eigenvalue weighted by molar-refractivity contribution is 0.101. The zero-order valence-corrected chi connectivity index (χ0v) is 21.7. The molecular weight excluding hydrogens is 532 g/mol. The van der Waals surface area contributed by atoms with Crippen LogP contribution in [0.15, 0.2) is 42.7 Å². The van der Waals surface area contributed by atoms with Crippen LogP contribution in [0.3, 0.4) is 0 Å². The van der Waals surface area contributed by atoms with Crippen molar-refractivity contribution in [3.8, 4) is 11.4 Å². The van der Waals surface area contributed by atoms with Crippen molar-refractivity contribution in [1.82, 2.24) is 19.9 Å². The maximum Gasteiger partial charge on any atom is 0.261 e. The number of hydrogen-bond acceptors (Lipinski definition) is 8. The minimum absolute atomic E-state index is 0.141. The number of sulfonamides is 1. The molecule has 4 aromatic rings. The van der Waals surface area contributed by atoms with Gasteiger partial charge in [-0.2, -0.15) is 0 Å². The van der Waals surface area contributed by atoms with E-state index < -0.39 is 38.8 Å². The monoisotopic (exact) mass is 557 g/mol.